The van der Waals surface area contributed by atoms with Crippen LogP contribution in [0.1, 0.15) is 65.0 Å². The van der Waals surface area contributed by atoms with E-state index >= 15 is 0 Å². The van der Waals surface area contributed by atoms with Crippen LogP contribution in [-0.4, -0.2) is 34.4 Å². The smallest absolute Gasteiger partial charge is 0.264 e. The fraction of sp³-hybridized carbons (Fsp3) is 0.435. The van der Waals surface area contributed by atoms with Gasteiger partial charge in [0.2, 0.25) is 0 Å². The number of thiophene rings is 1. The van der Waals surface area contributed by atoms with Gasteiger partial charge in [-0.25, -0.2) is 9.97 Å². The summed E-state index contributed by atoms with van der Waals surface area (Å²) in [5.74, 6) is 0.911. The maximum Gasteiger partial charge on any atom is 0.264 e. The minimum Gasteiger partial charge on any atom is -0.363 e. The molecule has 4 rings (SSSR count). The number of unbranched alkanes of at least 4 members (excludes halogenated alkanes) is 1. The van der Waals surface area contributed by atoms with Crippen LogP contribution in [-0.2, 0) is 6.42 Å². The molecule has 1 amide bonds. The van der Waals surface area contributed by atoms with Crippen molar-refractivity contribution in [3.63, 3.8) is 0 Å². The lowest BCUT2D eigenvalue weighted by molar-refractivity contribution is 0.0797. The molecule has 6 heteroatoms. The first-order chi connectivity index (χ1) is 14.1. The highest BCUT2D eigenvalue weighted by atomic mass is 32.1. The Hall–Kier alpha value is -2.47. The van der Waals surface area contributed by atoms with E-state index in [1.165, 1.54) is 22.5 Å². The Morgan fingerprint density at radius 2 is 2.14 bits per heavy atom. The summed E-state index contributed by atoms with van der Waals surface area (Å²) in [6.45, 7) is 4.93. The molecule has 1 N–H and O–H groups in total. The number of nitrogens with one attached hydrogen (secondary N) is 1. The molecule has 0 bridgehead atoms. The molecule has 1 atom stereocenters. The number of hydrogen-bond acceptors (Lipinski definition) is 5. The predicted octanol–water partition coefficient (Wildman–Crippen LogP) is 5.36. The van der Waals surface area contributed by atoms with Crippen molar-refractivity contribution in [1.82, 2.24) is 14.9 Å². The van der Waals surface area contributed by atoms with Gasteiger partial charge in [0.25, 0.3) is 5.91 Å². The fourth-order valence-corrected chi connectivity index (χ4v) is 5.27. The van der Waals surface area contributed by atoms with Crippen LogP contribution in [0.2, 0.25) is 0 Å². The zero-order chi connectivity index (χ0) is 20.4. The van der Waals surface area contributed by atoms with Crippen molar-refractivity contribution in [2.45, 2.75) is 52.0 Å². The summed E-state index contributed by atoms with van der Waals surface area (Å²) in [4.78, 5) is 25.5. The van der Waals surface area contributed by atoms with Gasteiger partial charge < -0.3 is 10.2 Å². The lowest BCUT2D eigenvalue weighted by Crippen LogP contribution is -2.27. The van der Waals surface area contributed by atoms with E-state index in [9.17, 15) is 4.79 Å². The van der Waals surface area contributed by atoms with Crippen molar-refractivity contribution >= 4 is 33.3 Å². The first-order valence-corrected chi connectivity index (χ1v) is 11.3. The largest absolute Gasteiger partial charge is 0.363 e. The van der Waals surface area contributed by atoms with E-state index in [2.05, 4.69) is 46.5 Å². The zero-order valence-electron chi connectivity index (χ0n) is 17.4. The van der Waals surface area contributed by atoms with Gasteiger partial charge in [-0.15, -0.1) is 11.3 Å². The van der Waals surface area contributed by atoms with Gasteiger partial charge >= 0.3 is 0 Å². The minimum absolute atomic E-state index is 0.0768. The number of hydrogen-bond donors (Lipinski definition) is 1. The molecule has 152 valence electrons. The molecule has 0 radical (unpaired) electrons. The molecule has 1 aliphatic rings. The summed E-state index contributed by atoms with van der Waals surface area (Å²) in [5, 5.41) is 4.65. The molecule has 2 aromatic heterocycles. The van der Waals surface area contributed by atoms with Crippen LogP contribution >= 0.6 is 11.3 Å². The third kappa shape index (κ3) is 3.86. The Kier molecular flexibility index (Phi) is 5.81. The molecule has 1 aliphatic carbocycles. The molecule has 0 saturated heterocycles. The van der Waals surface area contributed by atoms with Crippen molar-refractivity contribution in [1.29, 1.82) is 0 Å². The lowest BCUT2D eigenvalue weighted by atomic mass is 9.87. The third-order valence-corrected chi connectivity index (χ3v) is 6.98. The van der Waals surface area contributed by atoms with Gasteiger partial charge in [-0.05, 0) is 49.3 Å². The minimum atomic E-state index is 0.0768. The quantitative estimate of drug-likeness (QED) is 0.596. The Balaban J connectivity index is 1.67. The van der Waals surface area contributed by atoms with Crippen LogP contribution in [0.15, 0.2) is 30.6 Å². The number of nitrogens with zero attached hydrogens (tertiary/aromatic N) is 3. The van der Waals surface area contributed by atoms with Crippen molar-refractivity contribution in [3.05, 3.63) is 52.2 Å². The van der Waals surface area contributed by atoms with Crippen molar-refractivity contribution in [3.8, 4) is 0 Å². The van der Waals surface area contributed by atoms with Gasteiger partial charge in [0.15, 0.2) is 0 Å². The summed E-state index contributed by atoms with van der Waals surface area (Å²) in [5.41, 5.74) is 3.75. The number of amides is 1. The second kappa shape index (κ2) is 8.49. The molecule has 0 saturated carbocycles. The summed E-state index contributed by atoms with van der Waals surface area (Å²) in [6, 6.07) is 8.89. The standard InChI is InChI=1S/C23H28N4OS/c1-4-5-13-27(3)23(28)20-15(2)19-21(24-14-25-22(19)29-20)26-18-12-8-10-16-9-6-7-11-17(16)18/h6-7,9,11,14,18H,4-5,8,10,12-13H2,1-3H3,(H,24,25,26). The summed E-state index contributed by atoms with van der Waals surface area (Å²) < 4.78 is 0. The monoisotopic (exact) mass is 408 g/mol. The summed E-state index contributed by atoms with van der Waals surface area (Å²) in [6.07, 6.45) is 7.07. The molecule has 29 heavy (non-hydrogen) atoms. The molecule has 1 aromatic carbocycles. The number of rotatable bonds is 6. The second-order valence-corrected chi connectivity index (χ2v) is 8.83. The summed E-state index contributed by atoms with van der Waals surface area (Å²) >= 11 is 1.47. The van der Waals surface area contributed by atoms with Crippen molar-refractivity contribution in [2.24, 2.45) is 0 Å². The fourth-order valence-electron chi connectivity index (χ4n) is 4.12. The number of fused-ring (bicyclic) bond motifs is 2. The van der Waals surface area contributed by atoms with Crippen LogP contribution in [0.4, 0.5) is 5.82 Å². The van der Waals surface area contributed by atoms with Crippen LogP contribution in [0.5, 0.6) is 0 Å². The molecule has 0 fully saturated rings. The van der Waals surface area contributed by atoms with Crippen molar-refractivity contribution < 1.29 is 4.79 Å². The van der Waals surface area contributed by atoms with Crippen LogP contribution in [0.25, 0.3) is 10.2 Å². The van der Waals surface area contributed by atoms with Gasteiger partial charge in [-0.3, -0.25) is 4.79 Å². The zero-order valence-corrected chi connectivity index (χ0v) is 18.2. The SMILES string of the molecule is CCCCN(C)C(=O)c1sc2ncnc(NC3CCCc4ccccc43)c2c1C. The first-order valence-electron chi connectivity index (χ1n) is 10.4. The molecule has 3 aromatic rings. The number of carbonyl (C=O) groups is 1. The van der Waals surface area contributed by atoms with E-state index in [1.54, 1.807) is 6.33 Å². The Bertz CT molecular complexity index is 1030. The molecule has 5 nitrogen and oxygen atoms in total. The Morgan fingerprint density at radius 1 is 1.31 bits per heavy atom. The number of benzene rings is 1. The topological polar surface area (TPSA) is 58.1 Å². The van der Waals surface area contributed by atoms with Crippen LogP contribution < -0.4 is 5.32 Å². The van der Waals surface area contributed by atoms with Gasteiger partial charge in [0.1, 0.15) is 17.0 Å². The summed E-state index contributed by atoms with van der Waals surface area (Å²) in [7, 11) is 1.88. The van der Waals surface area contributed by atoms with Gasteiger partial charge in [0, 0.05) is 13.6 Å². The van der Waals surface area contributed by atoms with Crippen LogP contribution in [0, 0.1) is 6.92 Å². The lowest BCUT2D eigenvalue weighted by Gasteiger charge is -2.27. The van der Waals surface area contributed by atoms with Gasteiger partial charge in [0.05, 0.1) is 16.3 Å². The second-order valence-electron chi connectivity index (χ2n) is 7.83. The first kappa shape index (κ1) is 19.8. The van der Waals surface area contributed by atoms with E-state index in [1.807, 2.05) is 18.9 Å². The highest BCUT2D eigenvalue weighted by Crippen LogP contribution is 2.37. The highest BCUT2D eigenvalue weighted by Gasteiger charge is 2.24. The molecule has 0 spiro atoms. The predicted molar refractivity (Wildman–Crippen MR) is 120 cm³/mol. The molecule has 0 aliphatic heterocycles. The van der Waals surface area contributed by atoms with Crippen molar-refractivity contribution in [2.75, 3.05) is 18.9 Å². The number of aromatic nitrogens is 2. The number of aryl methyl sites for hydroxylation is 2. The number of carbonyl (C=O) groups excluding carboxylic acids is 1. The maximum atomic E-state index is 13.0. The third-order valence-electron chi connectivity index (χ3n) is 5.80. The maximum absolute atomic E-state index is 13.0. The molecule has 1 unspecified atom stereocenters. The van der Waals surface area contributed by atoms with E-state index in [-0.39, 0.29) is 11.9 Å². The Morgan fingerprint density at radius 3 is 2.97 bits per heavy atom. The molecule has 2 heterocycles. The van der Waals surface area contributed by atoms with E-state index in [4.69, 9.17) is 0 Å². The Labute approximate surface area is 176 Å². The van der Waals surface area contributed by atoms with Crippen LogP contribution in [0.3, 0.4) is 0 Å². The average Bonchev–Trinajstić information content (AvgIpc) is 3.09. The van der Waals surface area contributed by atoms with E-state index < -0.39 is 0 Å². The average molecular weight is 409 g/mol. The number of anilines is 1. The highest BCUT2D eigenvalue weighted by molar-refractivity contribution is 7.20. The molecular weight excluding hydrogens is 380 g/mol. The van der Waals surface area contributed by atoms with Gasteiger partial charge in [-0.2, -0.15) is 0 Å². The molecular formula is C23H28N4OS. The normalized spacial score (nSPS) is 15.9. The van der Waals surface area contributed by atoms with Gasteiger partial charge in [-0.1, -0.05) is 37.6 Å². The van der Waals surface area contributed by atoms with E-state index in [0.29, 0.717) is 0 Å². The van der Waals surface area contributed by atoms with E-state index in [0.717, 1.165) is 65.1 Å².